The van der Waals surface area contributed by atoms with E-state index in [0.29, 0.717) is 19.6 Å². The average Bonchev–Trinajstić information content (AvgIpc) is 3.35. The molecule has 1 aliphatic rings. The van der Waals surface area contributed by atoms with Crippen LogP contribution in [0.15, 0.2) is 24.3 Å². The number of nitrogens with two attached hydrogens (primary N) is 1. The number of hydrogen-bond acceptors (Lipinski definition) is 5. The third-order valence-electron chi connectivity index (χ3n) is 4.04. The van der Waals surface area contributed by atoms with Gasteiger partial charge in [0.2, 0.25) is 0 Å². The second kappa shape index (κ2) is 9.99. The van der Waals surface area contributed by atoms with Crippen LogP contribution in [0, 0.1) is 5.92 Å². The predicted molar refractivity (Wildman–Crippen MR) is 104 cm³/mol. The molecule has 5 nitrogen and oxygen atoms in total. The lowest BCUT2D eigenvalue weighted by molar-refractivity contribution is 0.205. The number of ether oxygens (including phenoxy) is 1. The maximum absolute atomic E-state index is 5.69. The fraction of sp³-hybridized carbons (Fsp3) is 0.529. The zero-order valence-corrected chi connectivity index (χ0v) is 15.6. The van der Waals surface area contributed by atoms with E-state index in [0.717, 1.165) is 41.6 Å². The largest absolute Gasteiger partial charge is 0.383 e. The molecule has 0 aliphatic heterocycles. The first-order valence-electron chi connectivity index (χ1n) is 8.01. The molecule has 7 heteroatoms. The number of hydrogen-bond donors (Lipinski definition) is 1. The molecule has 0 saturated heterocycles. The van der Waals surface area contributed by atoms with Crippen LogP contribution in [0.3, 0.4) is 0 Å². The summed E-state index contributed by atoms with van der Waals surface area (Å²) >= 11 is 0. The number of rotatable bonds is 8. The van der Waals surface area contributed by atoms with Gasteiger partial charge in [-0.2, -0.15) is 0 Å². The van der Waals surface area contributed by atoms with Gasteiger partial charge in [-0.05, 0) is 37.4 Å². The molecule has 1 fully saturated rings. The second-order valence-electron chi connectivity index (χ2n) is 5.90. The SMILES string of the molecule is COCCN(CC1CC1)c1nc(CCN)nc2ccccc12.Cl.Cl. The molecule has 3 rings (SSSR count). The number of anilines is 1. The van der Waals surface area contributed by atoms with E-state index in [9.17, 15) is 0 Å². The van der Waals surface area contributed by atoms with Gasteiger partial charge >= 0.3 is 0 Å². The number of nitrogens with zero attached hydrogens (tertiary/aromatic N) is 3. The molecule has 1 aliphatic carbocycles. The van der Waals surface area contributed by atoms with Crippen molar-refractivity contribution >= 4 is 41.5 Å². The summed E-state index contributed by atoms with van der Waals surface area (Å²) in [6.07, 6.45) is 3.35. The lowest BCUT2D eigenvalue weighted by Crippen LogP contribution is -2.31. The van der Waals surface area contributed by atoms with Gasteiger partial charge in [-0.25, -0.2) is 9.97 Å². The Balaban J connectivity index is 0.00000144. The molecule has 2 aromatic rings. The van der Waals surface area contributed by atoms with Crippen LogP contribution >= 0.6 is 24.8 Å². The number of benzene rings is 1. The summed E-state index contributed by atoms with van der Waals surface area (Å²) in [6.45, 7) is 3.18. The highest BCUT2D eigenvalue weighted by atomic mass is 35.5. The van der Waals surface area contributed by atoms with Crippen LogP contribution in [0.2, 0.25) is 0 Å². The lowest BCUT2D eigenvalue weighted by atomic mass is 10.2. The lowest BCUT2D eigenvalue weighted by Gasteiger charge is -2.25. The number of halogens is 2. The molecule has 0 spiro atoms. The van der Waals surface area contributed by atoms with Crippen LogP contribution in [0.25, 0.3) is 10.9 Å². The highest BCUT2D eigenvalue weighted by Crippen LogP contribution is 2.32. The van der Waals surface area contributed by atoms with Gasteiger partial charge in [-0.1, -0.05) is 12.1 Å². The Labute approximate surface area is 155 Å². The monoisotopic (exact) mass is 372 g/mol. The van der Waals surface area contributed by atoms with Gasteiger partial charge in [0.15, 0.2) is 0 Å². The Hall–Kier alpha value is -1.14. The van der Waals surface area contributed by atoms with E-state index >= 15 is 0 Å². The predicted octanol–water partition coefficient (Wildman–Crippen LogP) is 2.84. The highest BCUT2D eigenvalue weighted by molar-refractivity contribution is 5.89. The number of fused-ring (bicyclic) bond motifs is 1. The van der Waals surface area contributed by atoms with Crippen molar-refractivity contribution in [3.8, 4) is 0 Å². The van der Waals surface area contributed by atoms with Gasteiger partial charge in [0.1, 0.15) is 11.6 Å². The molecule has 0 bridgehead atoms. The molecule has 0 atom stereocenters. The number of aromatic nitrogens is 2. The van der Waals surface area contributed by atoms with Gasteiger partial charge in [-0.15, -0.1) is 24.8 Å². The molecular formula is C17H26Cl2N4O. The van der Waals surface area contributed by atoms with Crippen molar-refractivity contribution in [2.75, 3.05) is 38.3 Å². The molecule has 1 saturated carbocycles. The molecule has 0 amide bonds. The average molecular weight is 373 g/mol. The minimum Gasteiger partial charge on any atom is -0.383 e. The minimum absolute atomic E-state index is 0. The van der Waals surface area contributed by atoms with E-state index < -0.39 is 0 Å². The standard InChI is InChI=1S/C17H24N4O.2ClH/c1-22-11-10-21(12-13-6-7-13)17-14-4-2-3-5-15(14)19-16(20-17)8-9-18;;/h2-5,13H,6-12,18H2,1H3;2*1H. The summed E-state index contributed by atoms with van der Waals surface area (Å²) in [4.78, 5) is 11.8. The first kappa shape index (κ1) is 20.9. The molecule has 1 heterocycles. The molecular weight excluding hydrogens is 347 g/mol. The molecule has 134 valence electrons. The Kier molecular flexibility index (Phi) is 8.70. The van der Waals surface area contributed by atoms with Crippen molar-refractivity contribution in [2.24, 2.45) is 11.7 Å². The molecule has 0 radical (unpaired) electrons. The van der Waals surface area contributed by atoms with E-state index in [-0.39, 0.29) is 24.8 Å². The normalized spacial score (nSPS) is 13.2. The summed E-state index contributed by atoms with van der Waals surface area (Å²) in [5, 5.41) is 1.11. The Bertz CT molecular complexity index is 637. The summed E-state index contributed by atoms with van der Waals surface area (Å²) in [5.41, 5.74) is 6.68. The molecule has 0 unspecified atom stereocenters. The smallest absolute Gasteiger partial charge is 0.140 e. The van der Waals surface area contributed by atoms with Crippen molar-refractivity contribution < 1.29 is 4.74 Å². The van der Waals surface area contributed by atoms with Gasteiger partial charge in [0.25, 0.3) is 0 Å². The van der Waals surface area contributed by atoms with Gasteiger partial charge in [0, 0.05) is 32.0 Å². The van der Waals surface area contributed by atoms with Crippen LogP contribution < -0.4 is 10.6 Å². The van der Waals surface area contributed by atoms with Gasteiger partial charge in [0.05, 0.1) is 12.1 Å². The van der Waals surface area contributed by atoms with E-state index in [1.165, 1.54) is 12.8 Å². The fourth-order valence-corrected chi connectivity index (χ4v) is 2.69. The quantitative estimate of drug-likeness (QED) is 0.771. The molecule has 1 aromatic carbocycles. The molecule has 2 N–H and O–H groups in total. The van der Waals surface area contributed by atoms with Crippen LogP contribution in [0.5, 0.6) is 0 Å². The summed E-state index contributed by atoms with van der Waals surface area (Å²) in [6, 6.07) is 8.21. The van der Waals surface area contributed by atoms with Crippen molar-refractivity contribution in [3.63, 3.8) is 0 Å². The maximum atomic E-state index is 5.69. The number of methoxy groups -OCH3 is 1. The van der Waals surface area contributed by atoms with Crippen LogP contribution in [0.4, 0.5) is 5.82 Å². The first-order valence-corrected chi connectivity index (χ1v) is 8.01. The van der Waals surface area contributed by atoms with Gasteiger partial charge in [-0.3, -0.25) is 0 Å². The van der Waals surface area contributed by atoms with Crippen molar-refractivity contribution in [2.45, 2.75) is 19.3 Å². The number of para-hydroxylation sites is 1. The van der Waals surface area contributed by atoms with Crippen LogP contribution in [0.1, 0.15) is 18.7 Å². The van der Waals surface area contributed by atoms with Gasteiger partial charge < -0.3 is 15.4 Å². The molecule has 1 aromatic heterocycles. The van der Waals surface area contributed by atoms with Crippen molar-refractivity contribution in [3.05, 3.63) is 30.1 Å². The Morgan fingerprint density at radius 1 is 1.21 bits per heavy atom. The van der Waals surface area contributed by atoms with Crippen LogP contribution in [-0.2, 0) is 11.2 Å². The zero-order valence-electron chi connectivity index (χ0n) is 14.0. The highest BCUT2D eigenvalue weighted by Gasteiger charge is 2.26. The summed E-state index contributed by atoms with van der Waals surface area (Å²) < 4.78 is 5.28. The summed E-state index contributed by atoms with van der Waals surface area (Å²) in [5.74, 6) is 2.65. The van der Waals surface area contributed by atoms with Crippen molar-refractivity contribution in [1.29, 1.82) is 0 Å². The third-order valence-corrected chi connectivity index (χ3v) is 4.04. The molecule has 24 heavy (non-hydrogen) atoms. The van der Waals surface area contributed by atoms with E-state index in [1.807, 2.05) is 18.2 Å². The topological polar surface area (TPSA) is 64.3 Å². The second-order valence-corrected chi connectivity index (χ2v) is 5.90. The fourth-order valence-electron chi connectivity index (χ4n) is 2.69. The van der Waals surface area contributed by atoms with Crippen molar-refractivity contribution in [1.82, 2.24) is 9.97 Å². The summed E-state index contributed by atoms with van der Waals surface area (Å²) in [7, 11) is 1.74. The Morgan fingerprint density at radius 3 is 2.62 bits per heavy atom. The minimum atomic E-state index is 0. The maximum Gasteiger partial charge on any atom is 0.140 e. The Morgan fingerprint density at radius 2 is 1.96 bits per heavy atom. The first-order chi connectivity index (χ1) is 10.8. The zero-order chi connectivity index (χ0) is 15.4. The third kappa shape index (κ3) is 5.18. The van der Waals surface area contributed by atoms with E-state index in [1.54, 1.807) is 7.11 Å². The van der Waals surface area contributed by atoms with Crippen LogP contribution in [-0.4, -0.2) is 43.3 Å². The van der Waals surface area contributed by atoms with E-state index in [4.69, 9.17) is 15.5 Å². The van der Waals surface area contributed by atoms with E-state index in [2.05, 4.69) is 16.0 Å².